The lowest BCUT2D eigenvalue weighted by Gasteiger charge is -2.50. The van der Waals surface area contributed by atoms with E-state index in [-0.39, 0.29) is 0 Å². The van der Waals surface area contributed by atoms with Crippen LogP contribution in [0.4, 0.5) is 17.1 Å². The van der Waals surface area contributed by atoms with Gasteiger partial charge in [-0.05, 0) is 127 Å². The average Bonchev–Trinajstić information content (AvgIpc) is 3.94. The van der Waals surface area contributed by atoms with Crippen LogP contribution in [0.1, 0.15) is 22.3 Å². The standard InChI is InChI=1S/C65H44N2SSi/c1-69(2)62-31-12-9-26-54(62)65(53-25-8-5-21-47(53)50-24-13-18-42-19-14-27-56(65)64(42)50)55-35-32-45(40-63(55)69)66(57-29-15-17-41-16-3-4-20-46(41)57)43-33-36-59-51(38-43)48-22-6-10-28-58(48)67(59)44-34-37-61-52(39-44)49-23-7-11-30-60(49)68-61/h3-40H,1-2H3. The molecule has 0 saturated carbocycles. The van der Waals surface area contributed by atoms with E-state index in [2.05, 4.69) is 253 Å². The summed E-state index contributed by atoms with van der Waals surface area (Å²) in [4.78, 5) is 2.54. The predicted octanol–water partition coefficient (Wildman–Crippen LogP) is 16.4. The quantitative estimate of drug-likeness (QED) is 0.160. The van der Waals surface area contributed by atoms with E-state index in [1.165, 1.54) is 119 Å². The minimum absolute atomic E-state index is 0.499. The molecule has 1 aliphatic carbocycles. The molecule has 3 heterocycles. The smallest absolute Gasteiger partial charge is 0.113 e. The lowest BCUT2D eigenvalue weighted by atomic mass is 9.59. The molecule has 2 aromatic heterocycles. The zero-order valence-corrected chi connectivity index (χ0v) is 40.1. The highest BCUT2D eigenvalue weighted by Crippen LogP contribution is 2.57. The lowest BCUT2D eigenvalue weighted by molar-refractivity contribution is 0.754. The summed E-state index contributed by atoms with van der Waals surface area (Å²) in [5, 5.41) is 13.2. The maximum atomic E-state index is 2.60. The summed E-state index contributed by atoms with van der Waals surface area (Å²) in [5.41, 5.74) is 14.7. The SMILES string of the molecule is C[Si]1(C)c2ccccc2C2(c3ccccc3-c3cccc4cccc2c34)c2ccc(N(c3ccc4c(c3)c3ccccc3n4-c3ccc4sc5ccccc5c4c3)c3cccc4ccccc34)cc21. The first-order valence-corrected chi connectivity index (χ1v) is 27.9. The molecule has 0 radical (unpaired) electrons. The van der Waals surface area contributed by atoms with E-state index in [4.69, 9.17) is 0 Å². The Morgan fingerprint density at radius 2 is 1.03 bits per heavy atom. The van der Waals surface area contributed by atoms with Crippen LogP contribution in [-0.2, 0) is 5.41 Å². The summed E-state index contributed by atoms with van der Waals surface area (Å²) in [6.45, 7) is 5.15. The van der Waals surface area contributed by atoms with Gasteiger partial charge < -0.3 is 9.47 Å². The van der Waals surface area contributed by atoms with Crippen LogP contribution in [0.5, 0.6) is 0 Å². The van der Waals surface area contributed by atoms with Crippen LogP contribution < -0.4 is 15.3 Å². The minimum Gasteiger partial charge on any atom is -0.310 e. The molecule has 1 atom stereocenters. The topological polar surface area (TPSA) is 8.17 Å². The van der Waals surface area contributed by atoms with E-state index in [0.29, 0.717) is 0 Å². The van der Waals surface area contributed by atoms with Crippen LogP contribution >= 0.6 is 11.3 Å². The molecule has 1 aliphatic heterocycles. The van der Waals surface area contributed by atoms with Crippen molar-refractivity contribution in [1.29, 1.82) is 0 Å². The van der Waals surface area contributed by atoms with Gasteiger partial charge in [0.1, 0.15) is 8.07 Å². The first kappa shape index (κ1) is 39.0. The predicted molar refractivity (Wildman–Crippen MR) is 297 cm³/mol. The summed E-state index contributed by atoms with van der Waals surface area (Å²) >= 11 is 1.87. The van der Waals surface area contributed by atoms with E-state index in [1.54, 1.807) is 0 Å². The van der Waals surface area contributed by atoms with Crippen molar-refractivity contribution in [1.82, 2.24) is 4.57 Å². The first-order chi connectivity index (χ1) is 34.0. The van der Waals surface area contributed by atoms with Crippen LogP contribution in [0.2, 0.25) is 13.1 Å². The van der Waals surface area contributed by atoms with Gasteiger partial charge in [0.25, 0.3) is 0 Å². The van der Waals surface area contributed by atoms with Crippen molar-refractivity contribution < 1.29 is 0 Å². The van der Waals surface area contributed by atoms with Crippen LogP contribution in [-0.4, -0.2) is 12.6 Å². The molecule has 2 aliphatic rings. The van der Waals surface area contributed by atoms with Crippen molar-refractivity contribution >= 4 is 110 Å². The molecule has 2 nitrogen and oxygen atoms in total. The van der Waals surface area contributed by atoms with Crippen LogP contribution in [0.25, 0.3) is 80.3 Å². The largest absolute Gasteiger partial charge is 0.310 e. The van der Waals surface area contributed by atoms with E-state index < -0.39 is 13.5 Å². The van der Waals surface area contributed by atoms with E-state index in [0.717, 1.165) is 11.4 Å². The molecule has 13 aromatic rings. The van der Waals surface area contributed by atoms with Gasteiger partial charge in [-0.3, -0.25) is 0 Å². The van der Waals surface area contributed by atoms with Crippen LogP contribution in [0, 0.1) is 0 Å². The molecule has 11 aromatic carbocycles. The number of nitrogens with zero attached hydrogens (tertiary/aromatic N) is 2. The fourth-order valence-corrected chi connectivity index (χ4v) is 17.2. The van der Waals surface area contributed by atoms with Crippen molar-refractivity contribution in [3.05, 3.63) is 253 Å². The number of rotatable bonds is 4. The molecule has 15 rings (SSSR count). The summed E-state index contributed by atoms with van der Waals surface area (Å²) in [6, 6.07) is 87.6. The van der Waals surface area contributed by atoms with Gasteiger partial charge >= 0.3 is 0 Å². The second kappa shape index (κ2) is 14.3. The molecular weight excluding hydrogens is 869 g/mol. The number of anilines is 3. The Bertz CT molecular complexity index is 4320. The van der Waals surface area contributed by atoms with Crippen molar-refractivity contribution in [2.45, 2.75) is 18.5 Å². The van der Waals surface area contributed by atoms with Crippen LogP contribution in [0.15, 0.2) is 231 Å². The molecular formula is C65H44N2SSi. The molecule has 324 valence electrons. The summed E-state index contributed by atoms with van der Waals surface area (Å²) in [6.07, 6.45) is 0. The maximum absolute atomic E-state index is 2.60. The van der Waals surface area contributed by atoms with Gasteiger partial charge in [-0.1, -0.05) is 177 Å². The average molecular weight is 913 g/mol. The molecule has 0 bridgehead atoms. The normalized spacial score (nSPS) is 15.6. The third-order valence-corrected chi connectivity index (χ3v) is 20.5. The van der Waals surface area contributed by atoms with E-state index in [1.807, 2.05) is 11.3 Å². The van der Waals surface area contributed by atoms with Crippen molar-refractivity contribution in [2.75, 3.05) is 4.90 Å². The highest BCUT2D eigenvalue weighted by atomic mass is 32.1. The number of para-hydroxylation sites is 1. The zero-order chi connectivity index (χ0) is 45.6. The summed E-state index contributed by atoms with van der Waals surface area (Å²) in [7, 11) is -2.35. The molecule has 0 N–H and O–H groups in total. The van der Waals surface area contributed by atoms with Gasteiger partial charge in [-0.15, -0.1) is 11.3 Å². The van der Waals surface area contributed by atoms with E-state index >= 15 is 0 Å². The lowest BCUT2D eigenvalue weighted by Crippen LogP contribution is -2.63. The molecule has 0 fully saturated rings. The Balaban J connectivity index is 0.996. The molecule has 0 amide bonds. The zero-order valence-electron chi connectivity index (χ0n) is 38.2. The molecule has 1 unspecified atom stereocenters. The molecule has 1 spiro atoms. The molecule has 0 saturated heterocycles. The number of aromatic nitrogens is 1. The fourth-order valence-electron chi connectivity index (χ4n) is 12.9. The van der Waals surface area contributed by atoms with E-state index in [9.17, 15) is 0 Å². The van der Waals surface area contributed by atoms with Gasteiger partial charge in [0.15, 0.2) is 0 Å². The van der Waals surface area contributed by atoms with Gasteiger partial charge in [-0.2, -0.15) is 0 Å². The second-order valence-electron chi connectivity index (χ2n) is 19.6. The van der Waals surface area contributed by atoms with Gasteiger partial charge in [0, 0.05) is 53.4 Å². The minimum atomic E-state index is -2.35. The highest BCUT2D eigenvalue weighted by Gasteiger charge is 2.52. The Kier molecular flexibility index (Phi) is 8.06. The second-order valence-corrected chi connectivity index (χ2v) is 25.0. The molecule has 4 heteroatoms. The van der Waals surface area contributed by atoms with Gasteiger partial charge in [0.2, 0.25) is 0 Å². The Labute approximate surface area is 405 Å². The van der Waals surface area contributed by atoms with Crippen LogP contribution in [0.3, 0.4) is 0 Å². The highest BCUT2D eigenvalue weighted by molar-refractivity contribution is 7.25. The van der Waals surface area contributed by atoms with Crippen molar-refractivity contribution in [2.24, 2.45) is 0 Å². The van der Waals surface area contributed by atoms with Gasteiger partial charge in [-0.25, -0.2) is 0 Å². The van der Waals surface area contributed by atoms with Crippen molar-refractivity contribution in [3.8, 4) is 16.8 Å². The van der Waals surface area contributed by atoms with Crippen molar-refractivity contribution in [3.63, 3.8) is 0 Å². The summed E-state index contributed by atoms with van der Waals surface area (Å²) in [5.74, 6) is 0. The fraction of sp³-hybridized carbons (Fsp3) is 0.0462. The van der Waals surface area contributed by atoms with Gasteiger partial charge in [0.05, 0.1) is 22.1 Å². The third-order valence-electron chi connectivity index (χ3n) is 15.8. The Morgan fingerprint density at radius 3 is 1.94 bits per heavy atom. The number of hydrogen-bond donors (Lipinski definition) is 0. The summed E-state index contributed by atoms with van der Waals surface area (Å²) < 4.78 is 5.10. The number of benzene rings is 11. The Hall–Kier alpha value is -8.02. The first-order valence-electron chi connectivity index (χ1n) is 24.1. The molecule has 69 heavy (non-hydrogen) atoms. The number of hydrogen-bond acceptors (Lipinski definition) is 2. The third kappa shape index (κ3) is 5.25. The number of fused-ring (bicyclic) bond motifs is 15. The maximum Gasteiger partial charge on any atom is 0.113 e. The monoisotopic (exact) mass is 912 g/mol. The Morgan fingerprint density at radius 1 is 0.406 bits per heavy atom. The number of thiophene rings is 1.